The summed E-state index contributed by atoms with van der Waals surface area (Å²) < 4.78 is 5.40. The number of likely N-dealkylation sites (tertiary alicyclic amines) is 1. The minimum Gasteiger partial charge on any atom is -0.497 e. The van der Waals surface area contributed by atoms with Gasteiger partial charge in [0.2, 0.25) is 5.91 Å². The second kappa shape index (κ2) is 8.36. The number of nitrogens with one attached hydrogen (secondary N) is 1. The first-order valence-electron chi connectivity index (χ1n) is 9.65. The van der Waals surface area contributed by atoms with Gasteiger partial charge >= 0.3 is 0 Å². The molecule has 0 unspecified atom stereocenters. The van der Waals surface area contributed by atoms with Crippen LogP contribution in [0.15, 0.2) is 53.4 Å². The molecule has 1 N–H and O–H groups in total. The molecule has 1 saturated heterocycles. The van der Waals surface area contributed by atoms with Crippen molar-refractivity contribution in [3.05, 3.63) is 59.7 Å². The zero-order valence-electron chi connectivity index (χ0n) is 15.7. The van der Waals surface area contributed by atoms with E-state index in [4.69, 9.17) is 4.74 Å². The van der Waals surface area contributed by atoms with Crippen molar-refractivity contribution in [3.63, 3.8) is 0 Å². The summed E-state index contributed by atoms with van der Waals surface area (Å²) in [7, 11) is 1.70. The maximum atomic E-state index is 12.8. The third kappa shape index (κ3) is 4.14. The molecule has 5 heteroatoms. The van der Waals surface area contributed by atoms with Crippen LogP contribution in [0, 0.1) is 0 Å². The molecular formula is C22H26N2O2S. The molecule has 0 bridgehead atoms. The molecule has 0 saturated carbocycles. The van der Waals surface area contributed by atoms with Gasteiger partial charge in [0.25, 0.3) is 0 Å². The van der Waals surface area contributed by atoms with Crippen LogP contribution in [-0.2, 0) is 11.2 Å². The van der Waals surface area contributed by atoms with E-state index in [1.54, 1.807) is 18.9 Å². The van der Waals surface area contributed by atoms with E-state index >= 15 is 0 Å². The van der Waals surface area contributed by atoms with Gasteiger partial charge in [0, 0.05) is 11.4 Å². The van der Waals surface area contributed by atoms with Gasteiger partial charge in [-0.3, -0.25) is 9.69 Å². The van der Waals surface area contributed by atoms with E-state index in [9.17, 15) is 4.79 Å². The number of nitrogens with zero attached hydrogens (tertiary/aromatic N) is 1. The van der Waals surface area contributed by atoms with E-state index < -0.39 is 0 Å². The first-order chi connectivity index (χ1) is 13.2. The lowest BCUT2D eigenvalue weighted by Crippen LogP contribution is -2.40. The zero-order valence-corrected chi connectivity index (χ0v) is 16.5. The predicted molar refractivity (Wildman–Crippen MR) is 109 cm³/mol. The smallest absolute Gasteiger partial charge is 0.233 e. The number of hydrogen-bond acceptors (Lipinski definition) is 4. The molecule has 2 heterocycles. The number of ether oxygens (including phenoxy) is 1. The van der Waals surface area contributed by atoms with Gasteiger partial charge in [0.05, 0.1) is 18.4 Å². The summed E-state index contributed by atoms with van der Waals surface area (Å²) in [6, 6.07) is 16.7. The predicted octanol–water partition coefficient (Wildman–Crippen LogP) is 3.67. The molecule has 1 fully saturated rings. The highest BCUT2D eigenvalue weighted by Crippen LogP contribution is 2.37. The van der Waals surface area contributed by atoms with Gasteiger partial charge in [-0.2, -0.15) is 0 Å². The molecule has 2 aromatic carbocycles. The summed E-state index contributed by atoms with van der Waals surface area (Å²) in [5.41, 5.74) is 2.49. The Morgan fingerprint density at radius 2 is 2.04 bits per heavy atom. The minimum absolute atomic E-state index is 0.0214. The van der Waals surface area contributed by atoms with Crippen LogP contribution >= 0.6 is 11.8 Å². The number of amides is 1. The fourth-order valence-corrected chi connectivity index (χ4v) is 5.22. The van der Waals surface area contributed by atoms with E-state index in [0.717, 1.165) is 25.3 Å². The lowest BCUT2D eigenvalue weighted by Gasteiger charge is -2.29. The fourth-order valence-electron chi connectivity index (χ4n) is 4.00. The minimum atomic E-state index is -0.0214. The molecule has 0 aliphatic carbocycles. The number of fused-ring (bicyclic) bond motifs is 1. The Labute approximate surface area is 165 Å². The molecule has 0 radical (unpaired) electrons. The number of benzene rings is 2. The number of rotatable bonds is 6. The van der Waals surface area contributed by atoms with Crippen LogP contribution in [0.25, 0.3) is 0 Å². The van der Waals surface area contributed by atoms with Crippen molar-refractivity contribution in [1.29, 1.82) is 0 Å². The van der Waals surface area contributed by atoms with Crippen molar-refractivity contribution in [2.24, 2.45) is 0 Å². The average Bonchev–Trinajstić information content (AvgIpc) is 3.38. The summed E-state index contributed by atoms with van der Waals surface area (Å²) in [5, 5.41) is 3.21. The highest BCUT2D eigenvalue weighted by Gasteiger charge is 2.30. The molecule has 0 aromatic heterocycles. The van der Waals surface area contributed by atoms with Gasteiger partial charge in [-0.05, 0) is 61.7 Å². The summed E-state index contributed by atoms with van der Waals surface area (Å²) in [4.78, 5) is 16.5. The summed E-state index contributed by atoms with van der Waals surface area (Å²) in [5.74, 6) is 1.01. The van der Waals surface area contributed by atoms with Crippen LogP contribution in [0.3, 0.4) is 0 Å². The highest BCUT2D eigenvalue weighted by molar-refractivity contribution is 8.01. The van der Waals surface area contributed by atoms with Crippen molar-refractivity contribution in [2.45, 2.75) is 35.4 Å². The first-order valence-corrected chi connectivity index (χ1v) is 10.5. The zero-order chi connectivity index (χ0) is 18.6. The second-order valence-corrected chi connectivity index (χ2v) is 8.44. The largest absolute Gasteiger partial charge is 0.497 e. The van der Waals surface area contributed by atoms with Crippen LogP contribution in [-0.4, -0.2) is 42.8 Å². The molecule has 2 aliphatic heterocycles. The lowest BCUT2D eigenvalue weighted by atomic mass is 10.0. The topological polar surface area (TPSA) is 41.6 Å². The Bertz CT molecular complexity index is 779. The number of thioether (sulfide) groups is 1. The van der Waals surface area contributed by atoms with Crippen LogP contribution in [0.2, 0.25) is 0 Å². The van der Waals surface area contributed by atoms with Gasteiger partial charge in [-0.15, -0.1) is 11.8 Å². The Morgan fingerprint density at radius 1 is 1.22 bits per heavy atom. The first kappa shape index (κ1) is 18.4. The summed E-state index contributed by atoms with van der Waals surface area (Å²) in [6.45, 7) is 2.81. The Balaban J connectivity index is 1.43. The maximum absolute atomic E-state index is 12.8. The monoisotopic (exact) mass is 382 g/mol. The number of methoxy groups -OCH3 is 1. The number of carbonyl (C=O) groups is 1. The molecule has 0 spiro atoms. The molecule has 142 valence electrons. The lowest BCUT2D eigenvalue weighted by molar-refractivity contribution is -0.120. The average molecular weight is 383 g/mol. The van der Waals surface area contributed by atoms with Crippen LogP contribution in [0.4, 0.5) is 0 Å². The normalized spacial score (nSPS) is 20.3. The summed E-state index contributed by atoms with van der Waals surface area (Å²) in [6.07, 6.45) is 3.27. The second-order valence-electron chi connectivity index (χ2n) is 7.20. The SMILES string of the molecule is COc1cccc([C@@H](CNC(=O)[C@@H]2Cc3ccccc3S2)N2CCCC2)c1. The van der Waals surface area contributed by atoms with Gasteiger partial charge < -0.3 is 10.1 Å². The molecule has 2 atom stereocenters. The van der Waals surface area contributed by atoms with E-state index in [1.807, 2.05) is 24.3 Å². The van der Waals surface area contributed by atoms with E-state index in [-0.39, 0.29) is 17.2 Å². The quantitative estimate of drug-likeness (QED) is 0.828. The third-order valence-electron chi connectivity index (χ3n) is 5.47. The van der Waals surface area contributed by atoms with Crippen molar-refractivity contribution < 1.29 is 9.53 Å². The molecule has 4 nitrogen and oxygen atoms in total. The Morgan fingerprint density at radius 3 is 2.81 bits per heavy atom. The Hall–Kier alpha value is -1.98. The number of hydrogen-bond donors (Lipinski definition) is 1. The maximum Gasteiger partial charge on any atom is 0.233 e. The standard InChI is InChI=1S/C22H26N2O2S/c1-26-18-9-6-8-16(13-18)19(24-11-4-5-12-24)15-23-22(25)21-14-17-7-2-3-10-20(17)27-21/h2-3,6-10,13,19,21H,4-5,11-12,14-15H2,1H3,(H,23,25)/t19-,21+/m1/s1. The summed E-state index contributed by atoms with van der Waals surface area (Å²) >= 11 is 1.68. The van der Waals surface area contributed by atoms with Crippen LogP contribution in [0.5, 0.6) is 5.75 Å². The van der Waals surface area contributed by atoms with Crippen LogP contribution < -0.4 is 10.1 Å². The van der Waals surface area contributed by atoms with Gasteiger partial charge in [0.1, 0.15) is 5.75 Å². The molecule has 4 rings (SSSR count). The number of carbonyl (C=O) groups excluding carboxylic acids is 1. The fraction of sp³-hybridized carbons (Fsp3) is 0.409. The molecule has 1 amide bonds. The van der Waals surface area contributed by atoms with Crippen LogP contribution in [0.1, 0.15) is 30.0 Å². The van der Waals surface area contributed by atoms with E-state index in [1.165, 1.54) is 28.9 Å². The molecule has 2 aliphatic rings. The van der Waals surface area contributed by atoms with Crippen molar-refractivity contribution in [1.82, 2.24) is 10.2 Å². The highest BCUT2D eigenvalue weighted by atomic mass is 32.2. The van der Waals surface area contributed by atoms with Crippen molar-refractivity contribution in [2.75, 3.05) is 26.7 Å². The molecule has 2 aromatic rings. The third-order valence-corrected chi connectivity index (χ3v) is 6.79. The van der Waals surface area contributed by atoms with Gasteiger partial charge in [0.15, 0.2) is 0 Å². The molecular weight excluding hydrogens is 356 g/mol. The Kier molecular flexibility index (Phi) is 5.69. The van der Waals surface area contributed by atoms with E-state index in [0.29, 0.717) is 6.54 Å². The van der Waals surface area contributed by atoms with Gasteiger partial charge in [-0.25, -0.2) is 0 Å². The van der Waals surface area contributed by atoms with Gasteiger partial charge in [-0.1, -0.05) is 30.3 Å². The van der Waals surface area contributed by atoms with E-state index in [2.05, 4.69) is 34.5 Å². The van der Waals surface area contributed by atoms with Crippen molar-refractivity contribution >= 4 is 17.7 Å². The molecule has 27 heavy (non-hydrogen) atoms. The van der Waals surface area contributed by atoms with Crippen molar-refractivity contribution in [3.8, 4) is 5.75 Å².